The van der Waals surface area contributed by atoms with E-state index in [1.807, 2.05) is 0 Å². The van der Waals surface area contributed by atoms with E-state index in [9.17, 15) is 9.59 Å². The lowest BCUT2D eigenvalue weighted by atomic mass is 9.88. The average molecular weight is 433 g/mol. The Morgan fingerprint density at radius 3 is 2.47 bits per heavy atom. The van der Waals surface area contributed by atoms with Crippen LogP contribution in [0.25, 0.3) is 0 Å². The number of allylic oxidation sites excluding steroid dienone is 1. The number of unbranched alkanes of at least 4 members (excludes halogenated alkanes) is 2. The van der Waals surface area contributed by atoms with Gasteiger partial charge >= 0.3 is 11.9 Å². The fourth-order valence-electron chi connectivity index (χ4n) is 3.64. The molecule has 1 aliphatic heterocycles. The van der Waals surface area contributed by atoms with Crippen LogP contribution in [0.5, 0.6) is 5.75 Å². The van der Waals surface area contributed by atoms with Crippen molar-refractivity contribution in [3.8, 4) is 5.75 Å². The smallest absolute Gasteiger partial charge is 0.342 e. The van der Waals surface area contributed by atoms with Crippen molar-refractivity contribution >= 4 is 20.3 Å². The number of carboxylic acid groups (broad SMARTS) is 1. The van der Waals surface area contributed by atoms with E-state index in [-0.39, 0.29) is 11.0 Å². The molecule has 0 spiro atoms. The van der Waals surface area contributed by atoms with Crippen molar-refractivity contribution in [2.75, 3.05) is 0 Å². The number of carbonyl (C=O) groups is 2. The third kappa shape index (κ3) is 5.15. The molecule has 0 aliphatic carbocycles. The topological polar surface area (TPSA) is 72.8 Å². The Balaban J connectivity index is 2.45. The first-order valence-electron chi connectivity index (χ1n) is 10.8. The highest BCUT2D eigenvalue weighted by Crippen LogP contribution is 2.44. The number of fused-ring (bicyclic) bond motifs is 1. The Morgan fingerprint density at radius 1 is 1.23 bits per heavy atom. The fourth-order valence-corrected chi connectivity index (χ4v) is 4.68. The minimum absolute atomic E-state index is 0.0125. The molecule has 0 atom stereocenters. The first kappa shape index (κ1) is 24.2. The number of rotatable bonds is 9. The lowest BCUT2D eigenvalue weighted by Crippen LogP contribution is -2.44. The van der Waals surface area contributed by atoms with Crippen molar-refractivity contribution < 1.29 is 23.9 Å². The first-order valence-corrected chi connectivity index (χ1v) is 13.7. The second-order valence-electron chi connectivity index (χ2n) is 9.54. The number of ether oxygens (including phenoxy) is 1. The second kappa shape index (κ2) is 9.37. The summed E-state index contributed by atoms with van der Waals surface area (Å²) in [5.74, 6) is -0.459. The van der Waals surface area contributed by atoms with Gasteiger partial charge < -0.3 is 14.3 Å². The predicted octanol–water partition coefficient (Wildman–Crippen LogP) is 5.97. The molecule has 1 aromatic carbocycles. The molecule has 6 heteroatoms. The monoisotopic (exact) mass is 432 g/mol. The van der Waals surface area contributed by atoms with Crippen LogP contribution in [0, 0.1) is 6.92 Å². The Kier molecular flexibility index (Phi) is 7.56. The molecular weight excluding hydrogens is 396 g/mol. The Bertz CT molecular complexity index is 846. The summed E-state index contributed by atoms with van der Waals surface area (Å²) in [7, 11) is -2.16. The molecule has 1 aliphatic rings. The number of carboxylic acids is 1. The average Bonchev–Trinajstić information content (AvgIpc) is 3.01. The highest BCUT2D eigenvalue weighted by Gasteiger charge is 2.42. The molecule has 0 radical (unpaired) electrons. The minimum Gasteiger partial charge on any atom is -0.543 e. The van der Waals surface area contributed by atoms with Gasteiger partial charge in [-0.05, 0) is 73.9 Å². The van der Waals surface area contributed by atoms with Gasteiger partial charge in [-0.3, -0.25) is 0 Å². The lowest BCUT2D eigenvalue weighted by Gasteiger charge is -2.38. The molecule has 2 rings (SSSR count). The Morgan fingerprint density at radius 2 is 1.90 bits per heavy atom. The molecule has 0 unspecified atom stereocenters. The van der Waals surface area contributed by atoms with Gasteiger partial charge in [0.15, 0.2) is 0 Å². The zero-order valence-corrected chi connectivity index (χ0v) is 20.5. The predicted molar refractivity (Wildman–Crippen MR) is 122 cm³/mol. The quantitative estimate of drug-likeness (QED) is 0.225. The Hall–Kier alpha value is -2.08. The minimum atomic E-state index is -2.16. The Labute approximate surface area is 181 Å². The molecule has 0 saturated heterocycles. The standard InChI is InChI=1S/C24H36O5Si/c1-8-17-16(2)19-15-28-23(27)21(19)22(29-30(6,7)24(3,4)5)18(17)13-11-9-10-12-14-20(25)26/h12,14H,8-11,13,15H2,1-7H3,(H,25,26)/b14-12+. The maximum Gasteiger partial charge on any atom is 0.342 e. The number of aliphatic carboxylic acids is 1. The van der Waals surface area contributed by atoms with Crippen molar-refractivity contribution in [3.05, 3.63) is 40.0 Å². The number of benzene rings is 1. The summed E-state index contributed by atoms with van der Waals surface area (Å²) in [4.78, 5) is 23.3. The van der Waals surface area contributed by atoms with E-state index in [2.05, 4.69) is 47.7 Å². The van der Waals surface area contributed by atoms with E-state index in [0.717, 1.165) is 54.5 Å². The van der Waals surface area contributed by atoms with E-state index >= 15 is 0 Å². The van der Waals surface area contributed by atoms with Crippen molar-refractivity contribution in [3.63, 3.8) is 0 Å². The van der Waals surface area contributed by atoms with E-state index in [4.69, 9.17) is 14.3 Å². The van der Waals surface area contributed by atoms with Crippen LogP contribution < -0.4 is 4.43 Å². The van der Waals surface area contributed by atoms with Crippen molar-refractivity contribution in [2.24, 2.45) is 0 Å². The van der Waals surface area contributed by atoms with Crippen LogP contribution in [0.15, 0.2) is 12.2 Å². The van der Waals surface area contributed by atoms with Crippen LogP contribution in [0.3, 0.4) is 0 Å². The molecular formula is C24H36O5Si. The molecule has 1 N–H and O–H groups in total. The number of cyclic esters (lactones) is 1. The molecule has 30 heavy (non-hydrogen) atoms. The van der Waals surface area contributed by atoms with Crippen molar-refractivity contribution in [1.29, 1.82) is 0 Å². The third-order valence-electron chi connectivity index (χ3n) is 6.45. The van der Waals surface area contributed by atoms with E-state index in [0.29, 0.717) is 12.2 Å². The summed E-state index contributed by atoms with van der Waals surface area (Å²) >= 11 is 0. The summed E-state index contributed by atoms with van der Waals surface area (Å²) in [6, 6.07) is 0. The molecule has 0 fully saturated rings. The number of esters is 1. The molecule has 5 nitrogen and oxygen atoms in total. The van der Waals surface area contributed by atoms with Crippen molar-refractivity contribution in [2.45, 2.75) is 91.5 Å². The summed E-state index contributed by atoms with van der Waals surface area (Å²) in [6.07, 6.45) is 7.06. The van der Waals surface area contributed by atoms with Crippen LogP contribution in [-0.4, -0.2) is 25.4 Å². The second-order valence-corrected chi connectivity index (χ2v) is 14.3. The molecule has 1 heterocycles. The number of hydrogen-bond donors (Lipinski definition) is 1. The van der Waals surface area contributed by atoms with Gasteiger partial charge in [-0.2, -0.15) is 0 Å². The largest absolute Gasteiger partial charge is 0.543 e. The highest BCUT2D eigenvalue weighted by molar-refractivity contribution is 6.74. The number of hydrogen-bond acceptors (Lipinski definition) is 4. The van der Waals surface area contributed by atoms with Gasteiger partial charge in [0.05, 0.1) is 0 Å². The molecule has 0 aromatic heterocycles. The molecule has 0 amide bonds. The summed E-state index contributed by atoms with van der Waals surface area (Å²) in [6.45, 7) is 15.5. The van der Waals surface area contributed by atoms with Crippen LogP contribution in [0.1, 0.15) is 79.6 Å². The van der Waals surface area contributed by atoms with Gasteiger partial charge in [-0.15, -0.1) is 0 Å². The fraction of sp³-hybridized carbons (Fsp3) is 0.583. The lowest BCUT2D eigenvalue weighted by molar-refractivity contribution is -0.131. The van der Waals surface area contributed by atoms with E-state index in [1.165, 1.54) is 11.6 Å². The van der Waals surface area contributed by atoms with Crippen LogP contribution in [0.4, 0.5) is 0 Å². The van der Waals surface area contributed by atoms with Gasteiger partial charge in [0.2, 0.25) is 0 Å². The maximum absolute atomic E-state index is 12.7. The van der Waals surface area contributed by atoms with Crippen LogP contribution in [0.2, 0.25) is 18.1 Å². The zero-order chi connectivity index (χ0) is 22.7. The van der Waals surface area contributed by atoms with Gasteiger partial charge in [-0.1, -0.05) is 33.8 Å². The third-order valence-corrected chi connectivity index (χ3v) is 10.8. The van der Waals surface area contributed by atoms with E-state index in [1.54, 1.807) is 6.08 Å². The highest BCUT2D eigenvalue weighted by atomic mass is 28.4. The normalized spacial score (nSPS) is 14.2. The van der Waals surface area contributed by atoms with Gasteiger partial charge in [0.1, 0.15) is 17.9 Å². The maximum atomic E-state index is 12.7. The number of carbonyl (C=O) groups excluding carboxylic acids is 1. The molecule has 166 valence electrons. The van der Waals surface area contributed by atoms with Gasteiger partial charge in [0.25, 0.3) is 8.32 Å². The van der Waals surface area contributed by atoms with Gasteiger partial charge in [-0.25, -0.2) is 9.59 Å². The summed E-state index contributed by atoms with van der Waals surface area (Å²) in [5.41, 5.74) is 5.11. The SMILES string of the molecule is CCc1c(C)c2c(c(O[Si](C)(C)C(C)(C)C)c1CCCC/C=C/C(=O)O)C(=O)OC2. The van der Waals surface area contributed by atoms with Crippen LogP contribution in [-0.2, 0) is 29.0 Å². The summed E-state index contributed by atoms with van der Waals surface area (Å²) < 4.78 is 12.2. The molecule has 0 saturated carbocycles. The molecule has 1 aromatic rings. The van der Waals surface area contributed by atoms with E-state index < -0.39 is 14.3 Å². The van der Waals surface area contributed by atoms with Crippen LogP contribution >= 0.6 is 0 Å². The summed E-state index contributed by atoms with van der Waals surface area (Å²) in [5, 5.41) is 8.74. The first-order chi connectivity index (χ1) is 13.9. The van der Waals surface area contributed by atoms with Gasteiger partial charge in [0, 0.05) is 11.6 Å². The molecule has 0 bridgehead atoms. The zero-order valence-electron chi connectivity index (χ0n) is 19.5. The van der Waals surface area contributed by atoms with Crippen molar-refractivity contribution in [1.82, 2.24) is 0 Å².